The van der Waals surface area contributed by atoms with E-state index < -0.39 is 0 Å². The van der Waals surface area contributed by atoms with Crippen molar-refractivity contribution < 1.29 is 0 Å². The third-order valence-electron chi connectivity index (χ3n) is 3.37. The van der Waals surface area contributed by atoms with Crippen LogP contribution in [0.4, 0.5) is 5.00 Å². The van der Waals surface area contributed by atoms with Crippen LogP contribution in [-0.2, 0) is 19.5 Å². The highest BCUT2D eigenvalue weighted by Gasteiger charge is 2.18. The molecule has 0 spiro atoms. The van der Waals surface area contributed by atoms with E-state index in [9.17, 15) is 0 Å². The van der Waals surface area contributed by atoms with Crippen LogP contribution in [-0.4, -0.2) is 28.1 Å². The van der Waals surface area contributed by atoms with E-state index in [1.54, 1.807) is 0 Å². The summed E-state index contributed by atoms with van der Waals surface area (Å²) in [5.74, 6) is 0. The summed E-state index contributed by atoms with van der Waals surface area (Å²) in [6.45, 7) is 2.98. The van der Waals surface area contributed by atoms with Crippen LogP contribution in [0.5, 0.6) is 0 Å². The van der Waals surface area contributed by atoms with Crippen LogP contribution in [0.3, 0.4) is 0 Å². The number of nitrogens with one attached hydrogen (secondary N) is 1. The zero-order chi connectivity index (χ0) is 12.4. The molecule has 1 aliphatic heterocycles. The van der Waals surface area contributed by atoms with Gasteiger partial charge < -0.3 is 5.32 Å². The van der Waals surface area contributed by atoms with E-state index in [1.165, 1.54) is 22.7 Å². The molecule has 1 aromatic carbocycles. The summed E-state index contributed by atoms with van der Waals surface area (Å²) in [7, 11) is 1.92. The first kappa shape index (κ1) is 11.6. The van der Waals surface area contributed by atoms with Crippen LogP contribution in [0.2, 0.25) is 0 Å². The minimum absolute atomic E-state index is 0.876. The maximum Gasteiger partial charge on any atom is 0.134 e. The molecular weight excluding hydrogens is 244 g/mol. The van der Waals surface area contributed by atoms with Crippen molar-refractivity contribution in [2.75, 3.05) is 18.9 Å². The van der Waals surface area contributed by atoms with E-state index in [2.05, 4.69) is 44.1 Å². The standard InChI is InChI=1S/C13H16N4S/c1-14-13-12(15-16-18-13)9-17-7-6-10-4-2-3-5-11(10)8-17/h2-5,14H,6-9H2,1H3. The van der Waals surface area contributed by atoms with Gasteiger partial charge in [0, 0.05) is 38.2 Å². The third-order valence-corrected chi connectivity index (χ3v) is 4.15. The Morgan fingerprint density at radius 1 is 1.33 bits per heavy atom. The van der Waals surface area contributed by atoms with Crippen LogP contribution in [0, 0.1) is 0 Å². The number of hydrogen-bond acceptors (Lipinski definition) is 5. The molecule has 0 aliphatic carbocycles. The van der Waals surface area contributed by atoms with Gasteiger partial charge in [0.25, 0.3) is 0 Å². The number of rotatable bonds is 3. The highest BCUT2D eigenvalue weighted by molar-refractivity contribution is 7.10. The monoisotopic (exact) mass is 260 g/mol. The average molecular weight is 260 g/mol. The number of anilines is 1. The number of nitrogens with zero attached hydrogens (tertiary/aromatic N) is 3. The molecule has 0 atom stereocenters. The van der Waals surface area contributed by atoms with Crippen LogP contribution < -0.4 is 5.32 Å². The first-order valence-electron chi connectivity index (χ1n) is 6.15. The summed E-state index contributed by atoms with van der Waals surface area (Å²) in [6, 6.07) is 8.69. The molecule has 1 N–H and O–H groups in total. The van der Waals surface area contributed by atoms with Gasteiger partial charge in [0.05, 0.1) is 0 Å². The quantitative estimate of drug-likeness (QED) is 0.918. The summed E-state index contributed by atoms with van der Waals surface area (Å²) < 4.78 is 4.01. The Bertz CT molecular complexity index is 537. The molecular formula is C13H16N4S. The lowest BCUT2D eigenvalue weighted by Crippen LogP contribution is -2.30. The van der Waals surface area contributed by atoms with Gasteiger partial charge in [-0.1, -0.05) is 28.8 Å². The highest BCUT2D eigenvalue weighted by atomic mass is 32.1. The molecule has 4 nitrogen and oxygen atoms in total. The lowest BCUT2D eigenvalue weighted by Gasteiger charge is -2.28. The summed E-state index contributed by atoms with van der Waals surface area (Å²) in [6.07, 6.45) is 1.13. The van der Waals surface area contributed by atoms with Gasteiger partial charge in [0.2, 0.25) is 0 Å². The SMILES string of the molecule is CNc1snnc1CN1CCc2ccccc2C1. The van der Waals surface area contributed by atoms with Crippen molar-refractivity contribution in [1.29, 1.82) is 0 Å². The van der Waals surface area contributed by atoms with E-state index in [0.717, 1.165) is 36.8 Å². The largest absolute Gasteiger partial charge is 0.377 e. The predicted molar refractivity (Wildman–Crippen MR) is 73.7 cm³/mol. The fourth-order valence-corrected chi connectivity index (χ4v) is 2.93. The number of aromatic nitrogens is 2. The van der Waals surface area contributed by atoms with Gasteiger partial charge in [-0.3, -0.25) is 4.90 Å². The zero-order valence-corrected chi connectivity index (χ0v) is 11.2. The predicted octanol–water partition coefficient (Wildman–Crippen LogP) is 2.14. The average Bonchev–Trinajstić information content (AvgIpc) is 2.86. The second-order valence-electron chi connectivity index (χ2n) is 4.53. The molecule has 0 saturated heterocycles. The first-order chi connectivity index (χ1) is 8.86. The fraction of sp³-hybridized carbons (Fsp3) is 0.385. The smallest absolute Gasteiger partial charge is 0.134 e. The highest BCUT2D eigenvalue weighted by Crippen LogP contribution is 2.23. The summed E-state index contributed by atoms with van der Waals surface area (Å²) in [4.78, 5) is 2.43. The van der Waals surface area contributed by atoms with Crippen molar-refractivity contribution in [2.45, 2.75) is 19.5 Å². The Morgan fingerprint density at radius 2 is 2.17 bits per heavy atom. The minimum Gasteiger partial charge on any atom is -0.377 e. The van der Waals surface area contributed by atoms with Crippen LogP contribution in [0.15, 0.2) is 24.3 Å². The molecule has 94 valence electrons. The second-order valence-corrected chi connectivity index (χ2v) is 5.28. The topological polar surface area (TPSA) is 41.1 Å². The molecule has 2 heterocycles. The van der Waals surface area contributed by atoms with E-state index in [0.29, 0.717) is 0 Å². The Kier molecular flexibility index (Phi) is 3.25. The number of hydrogen-bond donors (Lipinski definition) is 1. The Hall–Kier alpha value is -1.46. The molecule has 1 aliphatic rings. The molecule has 0 amide bonds. The molecule has 0 radical (unpaired) electrons. The van der Waals surface area contributed by atoms with E-state index in [4.69, 9.17) is 0 Å². The van der Waals surface area contributed by atoms with Gasteiger partial charge in [-0.2, -0.15) is 0 Å². The van der Waals surface area contributed by atoms with E-state index >= 15 is 0 Å². The van der Waals surface area contributed by atoms with Crippen molar-refractivity contribution in [3.63, 3.8) is 0 Å². The van der Waals surface area contributed by atoms with Crippen molar-refractivity contribution in [3.05, 3.63) is 41.1 Å². The normalized spacial score (nSPS) is 15.4. The van der Waals surface area contributed by atoms with Gasteiger partial charge in [-0.05, 0) is 17.5 Å². The minimum atomic E-state index is 0.876. The maximum absolute atomic E-state index is 4.20. The molecule has 0 saturated carbocycles. The van der Waals surface area contributed by atoms with E-state index in [-0.39, 0.29) is 0 Å². The molecule has 0 bridgehead atoms. The molecule has 1 aromatic heterocycles. The second kappa shape index (κ2) is 5.04. The van der Waals surface area contributed by atoms with Crippen molar-refractivity contribution in [1.82, 2.24) is 14.5 Å². The van der Waals surface area contributed by atoms with Crippen molar-refractivity contribution in [3.8, 4) is 0 Å². The van der Waals surface area contributed by atoms with Crippen LogP contribution in [0.1, 0.15) is 16.8 Å². The van der Waals surface area contributed by atoms with Crippen LogP contribution >= 0.6 is 11.5 Å². The summed E-state index contributed by atoms with van der Waals surface area (Å²) in [5.41, 5.74) is 3.99. The van der Waals surface area contributed by atoms with Gasteiger partial charge in [-0.15, -0.1) is 5.10 Å². The van der Waals surface area contributed by atoms with Crippen molar-refractivity contribution >= 4 is 16.5 Å². The lowest BCUT2D eigenvalue weighted by atomic mass is 10.00. The Balaban J connectivity index is 1.73. The molecule has 2 aromatic rings. The molecule has 0 fully saturated rings. The van der Waals surface area contributed by atoms with Crippen LogP contribution in [0.25, 0.3) is 0 Å². The number of benzene rings is 1. The van der Waals surface area contributed by atoms with Gasteiger partial charge in [0.15, 0.2) is 0 Å². The third kappa shape index (κ3) is 2.23. The van der Waals surface area contributed by atoms with Crippen molar-refractivity contribution in [2.24, 2.45) is 0 Å². The number of fused-ring (bicyclic) bond motifs is 1. The summed E-state index contributed by atoms with van der Waals surface area (Å²) in [5, 5.41) is 8.43. The Labute approximate surface area is 111 Å². The summed E-state index contributed by atoms with van der Waals surface area (Å²) >= 11 is 1.42. The zero-order valence-electron chi connectivity index (χ0n) is 10.4. The molecule has 3 rings (SSSR count). The lowest BCUT2D eigenvalue weighted by molar-refractivity contribution is 0.243. The maximum atomic E-state index is 4.20. The fourth-order valence-electron chi connectivity index (χ4n) is 2.40. The van der Waals surface area contributed by atoms with E-state index in [1.807, 2.05) is 7.05 Å². The molecule has 0 unspecified atom stereocenters. The Morgan fingerprint density at radius 3 is 3.00 bits per heavy atom. The van der Waals surface area contributed by atoms with Gasteiger partial charge >= 0.3 is 0 Å². The molecule has 5 heteroatoms. The van der Waals surface area contributed by atoms with Gasteiger partial charge in [-0.25, -0.2) is 0 Å². The first-order valence-corrected chi connectivity index (χ1v) is 6.92. The molecule has 18 heavy (non-hydrogen) atoms. The van der Waals surface area contributed by atoms with Gasteiger partial charge in [0.1, 0.15) is 10.7 Å².